The Hall–Kier alpha value is -1.36. The van der Waals surface area contributed by atoms with E-state index in [0.717, 1.165) is 43.3 Å². The molecule has 0 saturated carbocycles. The molecule has 1 aromatic heterocycles. The van der Waals surface area contributed by atoms with E-state index in [-0.39, 0.29) is 29.9 Å². The van der Waals surface area contributed by atoms with Gasteiger partial charge in [-0.2, -0.15) is 0 Å². The number of piperidine rings is 1. The van der Waals surface area contributed by atoms with Gasteiger partial charge in [-0.15, -0.1) is 24.0 Å². The third kappa shape index (κ3) is 7.10. The number of likely N-dealkylation sites (N-methyl/N-ethyl adjacent to an activating group) is 1. The Morgan fingerprint density at radius 1 is 1.42 bits per heavy atom. The first kappa shape index (κ1) is 22.7. The first-order valence-corrected chi connectivity index (χ1v) is 8.87. The van der Waals surface area contributed by atoms with Gasteiger partial charge in [-0.3, -0.25) is 14.7 Å². The number of rotatable bonds is 6. The molecule has 0 atom stereocenters. The van der Waals surface area contributed by atoms with Crippen molar-refractivity contribution in [3.8, 4) is 0 Å². The Balaban J connectivity index is 0.00000338. The molecule has 1 amide bonds. The van der Waals surface area contributed by atoms with Crippen LogP contribution in [0.15, 0.2) is 15.6 Å². The summed E-state index contributed by atoms with van der Waals surface area (Å²) in [6, 6.07) is 2.33. The highest BCUT2D eigenvalue weighted by atomic mass is 127. The number of hydrogen-bond donors (Lipinski definition) is 3. The van der Waals surface area contributed by atoms with Gasteiger partial charge in [-0.25, -0.2) is 0 Å². The summed E-state index contributed by atoms with van der Waals surface area (Å²) >= 11 is 0. The zero-order chi connectivity index (χ0) is 18.2. The molecule has 2 heterocycles. The van der Waals surface area contributed by atoms with Crippen molar-refractivity contribution in [1.82, 2.24) is 26.0 Å². The van der Waals surface area contributed by atoms with Gasteiger partial charge in [-0.05, 0) is 18.8 Å². The summed E-state index contributed by atoms with van der Waals surface area (Å²) in [7, 11) is 3.43. The molecule has 1 aliphatic rings. The summed E-state index contributed by atoms with van der Waals surface area (Å²) in [6.45, 7) is 7.01. The molecule has 26 heavy (non-hydrogen) atoms. The van der Waals surface area contributed by atoms with Crippen molar-refractivity contribution in [1.29, 1.82) is 0 Å². The minimum absolute atomic E-state index is 0. The highest BCUT2D eigenvalue weighted by Crippen LogP contribution is 2.14. The van der Waals surface area contributed by atoms with Crippen LogP contribution in [-0.4, -0.2) is 61.7 Å². The van der Waals surface area contributed by atoms with Crippen LogP contribution in [0.3, 0.4) is 0 Å². The number of aromatic nitrogens is 1. The number of carbonyl (C=O) groups excluding carboxylic acids is 1. The molecule has 2 rings (SSSR count). The minimum Gasteiger partial charge on any atom is -0.359 e. The third-order valence-corrected chi connectivity index (χ3v) is 4.40. The normalized spacial score (nSPS) is 16.3. The van der Waals surface area contributed by atoms with Crippen molar-refractivity contribution in [2.75, 3.05) is 33.7 Å². The number of aliphatic imine (C=N–C) groups is 1. The van der Waals surface area contributed by atoms with Gasteiger partial charge in [0.15, 0.2) is 11.7 Å². The summed E-state index contributed by atoms with van der Waals surface area (Å²) in [5.74, 6) is 1.98. The van der Waals surface area contributed by atoms with Gasteiger partial charge >= 0.3 is 0 Å². The molecule has 0 bridgehead atoms. The lowest BCUT2D eigenvalue weighted by Gasteiger charge is -2.32. The predicted molar refractivity (Wildman–Crippen MR) is 113 cm³/mol. The monoisotopic (exact) mass is 478 g/mol. The van der Waals surface area contributed by atoms with Gasteiger partial charge in [0.05, 0.1) is 18.8 Å². The molecule has 1 aliphatic heterocycles. The van der Waals surface area contributed by atoms with Crippen LogP contribution in [0, 0.1) is 0 Å². The molecule has 0 aliphatic carbocycles. The molecule has 1 fully saturated rings. The molecule has 148 valence electrons. The summed E-state index contributed by atoms with van der Waals surface area (Å²) in [5, 5.41) is 13.4. The van der Waals surface area contributed by atoms with Gasteiger partial charge in [0.1, 0.15) is 0 Å². The lowest BCUT2D eigenvalue weighted by molar-refractivity contribution is -0.122. The summed E-state index contributed by atoms with van der Waals surface area (Å²) < 4.78 is 5.33. The standard InChI is InChI=1S/C17H30N6O2.HI/c1-12(2)15-9-14(25-22-15)10-20-17(19-4)21-13-5-7-23(8-6-13)11-16(24)18-3;/h9,12-13H,5-8,10-11H2,1-4H3,(H,18,24)(H2,19,20,21);1H. The minimum atomic E-state index is 0. The average Bonchev–Trinajstić information content (AvgIpc) is 3.09. The first-order chi connectivity index (χ1) is 12.0. The molecule has 0 radical (unpaired) electrons. The topological polar surface area (TPSA) is 94.8 Å². The largest absolute Gasteiger partial charge is 0.359 e. The zero-order valence-electron chi connectivity index (χ0n) is 16.0. The van der Waals surface area contributed by atoms with Crippen LogP contribution in [0.1, 0.15) is 44.1 Å². The molecule has 0 unspecified atom stereocenters. The van der Waals surface area contributed by atoms with Gasteiger partial charge in [0, 0.05) is 39.3 Å². The summed E-state index contributed by atoms with van der Waals surface area (Å²) in [5.41, 5.74) is 0.961. The average molecular weight is 478 g/mol. The van der Waals surface area contributed by atoms with E-state index >= 15 is 0 Å². The molecular formula is C17H31IN6O2. The highest BCUT2D eigenvalue weighted by molar-refractivity contribution is 14.0. The van der Waals surface area contributed by atoms with E-state index in [2.05, 4.69) is 44.8 Å². The van der Waals surface area contributed by atoms with Crippen LogP contribution in [0.25, 0.3) is 0 Å². The van der Waals surface area contributed by atoms with Gasteiger partial charge in [0.2, 0.25) is 5.91 Å². The second-order valence-electron chi connectivity index (χ2n) is 6.67. The maximum absolute atomic E-state index is 11.4. The second kappa shape index (κ2) is 11.4. The Bertz CT molecular complexity index is 582. The molecule has 0 spiro atoms. The zero-order valence-corrected chi connectivity index (χ0v) is 18.4. The van der Waals surface area contributed by atoms with Crippen LogP contribution in [0.5, 0.6) is 0 Å². The molecule has 1 saturated heterocycles. The summed E-state index contributed by atoms with van der Waals surface area (Å²) in [4.78, 5) is 17.9. The molecule has 9 heteroatoms. The molecule has 0 aromatic carbocycles. The van der Waals surface area contributed by atoms with Crippen LogP contribution >= 0.6 is 24.0 Å². The number of guanidine groups is 1. The maximum atomic E-state index is 11.4. The Morgan fingerprint density at radius 2 is 2.12 bits per heavy atom. The molecule has 3 N–H and O–H groups in total. The number of halogens is 1. The maximum Gasteiger partial charge on any atom is 0.233 e. The SMILES string of the molecule is CN=C(NCc1cc(C(C)C)no1)NC1CCN(CC(=O)NC)CC1.I. The van der Waals surface area contributed by atoms with E-state index in [1.54, 1.807) is 14.1 Å². The van der Waals surface area contributed by atoms with E-state index in [1.165, 1.54) is 0 Å². The van der Waals surface area contributed by atoms with E-state index < -0.39 is 0 Å². The molecule has 8 nitrogen and oxygen atoms in total. The number of nitrogens with one attached hydrogen (secondary N) is 3. The van der Waals surface area contributed by atoms with Crippen molar-refractivity contribution in [3.63, 3.8) is 0 Å². The smallest absolute Gasteiger partial charge is 0.233 e. The number of amides is 1. The van der Waals surface area contributed by atoms with E-state index in [1.807, 2.05) is 6.07 Å². The molecular weight excluding hydrogens is 447 g/mol. The van der Waals surface area contributed by atoms with Crippen LogP contribution < -0.4 is 16.0 Å². The van der Waals surface area contributed by atoms with E-state index in [4.69, 9.17) is 4.52 Å². The first-order valence-electron chi connectivity index (χ1n) is 8.87. The summed E-state index contributed by atoms with van der Waals surface area (Å²) in [6.07, 6.45) is 1.97. The van der Waals surface area contributed by atoms with Crippen molar-refractivity contribution in [2.24, 2.45) is 4.99 Å². The lowest BCUT2D eigenvalue weighted by Crippen LogP contribution is -2.49. The number of carbonyl (C=O) groups is 1. The molecule has 1 aromatic rings. The fraction of sp³-hybridized carbons (Fsp3) is 0.706. The second-order valence-corrected chi connectivity index (χ2v) is 6.67. The lowest BCUT2D eigenvalue weighted by atomic mass is 10.1. The number of hydrogen-bond acceptors (Lipinski definition) is 5. The van der Waals surface area contributed by atoms with Gasteiger partial charge < -0.3 is 20.5 Å². The Kier molecular flexibility index (Phi) is 9.92. The Labute approximate surface area is 172 Å². The highest BCUT2D eigenvalue weighted by Gasteiger charge is 2.21. The van der Waals surface area contributed by atoms with Crippen LogP contribution in [-0.2, 0) is 11.3 Å². The van der Waals surface area contributed by atoms with Crippen molar-refractivity contribution in [2.45, 2.75) is 45.2 Å². The number of nitrogens with zero attached hydrogens (tertiary/aromatic N) is 3. The van der Waals surface area contributed by atoms with Crippen LogP contribution in [0.2, 0.25) is 0 Å². The number of likely N-dealkylation sites (tertiary alicyclic amines) is 1. The van der Waals surface area contributed by atoms with Crippen molar-refractivity contribution in [3.05, 3.63) is 17.5 Å². The fourth-order valence-corrected chi connectivity index (χ4v) is 2.76. The Morgan fingerprint density at radius 3 is 2.65 bits per heavy atom. The van der Waals surface area contributed by atoms with Crippen molar-refractivity contribution < 1.29 is 9.32 Å². The fourth-order valence-electron chi connectivity index (χ4n) is 2.76. The predicted octanol–water partition coefficient (Wildman–Crippen LogP) is 1.29. The van der Waals surface area contributed by atoms with Gasteiger partial charge in [-0.1, -0.05) is 19.0 Å². The quantitative estimate of drug-likeness (QED) is 0.324. The van der Waals surface area contributed by atoms with Gasteiger partial charge in [0.25, 0.3) is 0 Å². The third-order valence-electron chi connectivity index (χ3n) is 4.40. The van der Waals surface area contributed by atoms with E-state index in [9.17, 15) is 4.79 Å². The van der Waals surface area contributed by atoms with Crippen molar-refractivity contribution >= 4 is 35.8 Å². The van der Waals surface area contributed by atoms with Crippen LogP contribution in [0.4, 0.5) is 0 Å². The van der Waals surface area contributed by atoms with E-state index in [0.29, 0.717) is 25.0 Å².